The number of amides is 1. The van der Waals surface area contributed by atoms with E-state index in [9.17, 15) is 4.79 Å². The van der Waals surface area contributed by atoms with Gasteiger partial charge in [-0.1, -0.05) is 18.2 Å². The van der Waals surface area contributed by atoms with Crippen molar-refractivity contribution >= 4 is 17.7 Å². The molecule has 3 rings (SSSR count). The van der Waals surface area contributed by atoms with Gasteiger partial charge >= 0.3 is 0 Å². The van der Waals surface area contributed by atoms with Crippen LogP contribution in [0.25, 0.3) is 0 Å². The summed E-state index contributed by atoms with van der Waals surface area (Å²) in [7, 11) is 0. The summed E-state index contributed by atoms with van der Waals surface area (Å²) in [6.45, 7) is 4.77. The van der Waals surface area contributed by atoms with Gasteiger partial charge in [-0.25, -0.2) is 0 Å². The zero-order valence-corrected chi connectivity index (χ0v) is 12.8. The van der Waals surface area contributed by atoms with Gasteiger partial charge in [0, 0.05) is 29.8 Å². The van der Waals surface area contributed by atoms with Crippen molar-refractivity contribution in [2.45, 2.75) is 42.4 Å². The first kappa shape index (κ1) is 14.0. The molecule has 0 spiro atoms. The van der Waals surface area contributed by atoms with E-state index in [0.29, 0.717) is 5.25 Å². The van der Waals surface area contributed by atoms with E-state index in [1.165, 1.54) is 10.5 Å². The van der Waals surface area contributed by atoms with Gasteiger partial charge < -0.3 is 10.2 Å². The van der Waals surface area contributed by atoms with Crippen LogP contribution < -0.4 is 5.32 Å². The Morgan fingerprint density at radius 2 is 2.15 bits per heavy atom. The van der Waals surface area contributed by atoms with Crippen molar-refractivity contribution in [1.29, 1.82) is 0 Å². The summed E-state index contributed by atoms with van der Waals surface area (Å²) in [5.41, 5.74) is 1.45. The van der Waals surface area contributed by atoms with E-state index < -0.39 is 0 Å². The largest absolute Gasteiger partial charge is 0.341 e. The SMILES string of the molecule is CC(NCC1Cc2ccccc2S1)C(=O)N1CCCC1. The normalized spacial score (nSPS) is 22.9. The summed E-state index contributed by atoms with van der Waals surface area (Å²) in [6, 6.07) is 8.55. The Balaban J connectivity index is 1.47. The minimum Gasteiger partial charge on any atom is -0.341 e. The van der Waals surface area contributed by atoms with Gasteiger partial charge in [-0.3, -0.25) is 4.79 Å². The number of rotatable bonds is 4. The monoisotopic (exact) mass is 290 g/mol. The van der Waals surface area contributed by atoms with Gasteiger partial charge in [-0.15, -0.1) is 11.8 Å². The van der Waals surface area contributed by atoms with Gasteiger partial charge in [-0.05, 0) is 37.8 Å². The van der Waals surface area contributed by atoms with Crippen LogP contribution in [-0.2, 0) is 11.2 Å². The fourth-order valence-corrected chi connectivity index (χ4v) is 4.24. The van der Waals surface area contributed by atoms with Gasteiger partial charge in [0.2, 0.25) is 5.91 Å². The number of hydrogen-bond acceptors (Lipinski definition) is 3. The quantitative estimate of drug-likeness (QED) is 0.923. The Bertz CT molecular complexity index is 460. The lowest BCUT2D eigenvalue weighted by Gasteiger charge is -2.22. The number of nitrogens with one attached hydrogen (secondary N) is 1. The summed E-state index contributed by atoms with van der Waals surface area (Å²) >= 11 is 1.93. The number of carbonyl (C=O) groups is 1. The van der Waals surface area contributed by atoms with Crippen LogP contribution in [0.5, 0.6) is 0 Å². The first-order chi connectivity index (χ1) is 9.74. The lowest BCUT2D eigenvalue weighted by molar-refractivity contribution is -0.131. The molecular formula is C16H22N2OS. The molecule has 108 valence electrons. The topological polar surface area (TPSA) is 32.3 Å². The van der Waals surface area contributed by atoms with Gasteiger partial charge in [0.1, 0.15) is 0 Å². The summed E-state index contributed by atoms with van der Waals surface area (Å²) in [5, 5.41) is 3.98. The van der Waals surface area contributed by atoms with Crippen LogP contribution in [0.1, 0.15) is 25.3 Å². The second-order valence-electron chi connectivity index (χ2n) is 5.71. The molecule has 2 aliphatic heterocycles. The molecule has 1 N–H and O–H groups in total. The number of nitrogens with zero attached hydrogens (tertiary/aromatic N) is 1. The zero-order chi connectivity index (χ0) is 13.9. The third-order valence-electron chi connectivity index (χ3n) is 4.15. The fourth-order valence-electron chi connectivity index (χ4n) is 2.97. The smallest absolute Gasteiger partial charge is 0.239 e. The highest BCUT2D eigenvalue weighted by atomic mass is 32.2. The van der Waals surface area contributed by atoms with Gasteiger partial charge in [0.05, 0.1) is 6.04 Å². The van der Waals surface area contributed by atoms with Gasteiger partial charge in [0.25, 0.3) is 0 Å². The molecule has 3 nitrogen and oxygen atoms in total. The maximum Gasteiger partial charge on any atom is 0.239 e. The van der Waals surface area contributed by atoms with Crippen LogP contribution in [0.4, 0.5) is 0 Å². The summed E-state index contributed by atoms with van der Waals surface area (Å²) in [5.74, 6) is 0.267. The average molecular weight is 290 g/mol. The molecule has 1 amide bonds. The molecule has 1 aromatic carbocycles. The molecule has 1 saturated heterocycles. The molecule has 1 fully saturated rings. The highest BCUT2D eigenvalue weighted by Crippen LogP contribution is 2.36. The van der Waals surface area contributed by atoms with Crippen LogP contribution in [0.3, 0.4) is 0 Å². The van der Waals surface area contributed by atoms with E-state index in [4.69, 9.17) is 0 Å². The fraction of sp³-hybridized carbons (Fsp3) is 0.562. The molecule has 0 aromatic heterocycles. The van der Waals surface area contributed by atoms with E-state index >= 15 is 0 Å². The third kappa shape index (κ3) is 3.01. The van der Waals surface area contributed by atoms with Gasteiger partial charge in [-0.2, -0.15) is 0 Å². The molecule has 2 heterocycles. The molecule has 2 atom stereocenters. The van der Waals surface area contributed by atoms with Crippen LogP contribution in [-0.4, -0.2) is 41.7 Å². The summed E-state index contributed by atoms with van der Waals surface area (Å²) in [4.78, 5) is 15.6. The lowest BCUT2D eigenvalue weighted by Crippen LogP contribution is -2.45. The number of thioether (sulfide) groups is 1. The van der Waals surface area contributed by atoms with Crippen molar-refractivity contribution in [3.8, 4) is 0 Å². The van der Waals surface area contributed by atoms with E-state index in [1.807, 2.05) is 23.6 Å². The van der Waals surface area contributed by atoms with E-state index in [2.05, 4.69) is 29.6 Å². The van der Waals surface area contributed by atoms with Crippen molar-refractivity contribution in [2.24, 2.45) is 0 Å². The minimum atomic E-state index is -0.0580. The molecule has 0 bridgehead atoms. The molecular weight excluding hydrogens is 268 g/mol. The van der Waals surface area contributed by atoms with Crippen LogP contribution in [0.15, 0.2) is 29.2 Å². The van der Waals surface area contributed by atoms with E-state index in [-0.39, 0.29) is 11.9 Å². The molecule has 0 radical (unpaired) electrons. The molecule has 1 aromatic rings. The first-order valence-corrected chi connectivity index (χ1v) is 8.39. The molecule has 20 heavy (non-hydrogen) atoms. The van der Waals surface area contributed by atoms with Crippen molar-refractivity contribution < 1.29 is 4.79 Å². The van der Waals surface area contributed by atoms with E-state index in [1.54, 1.807) is 0 Å². The first-order valence-electron chi connectivity index (χ1n) is 7.51. The Hall–Kier alpha value is -1.00. The molecule has 0 aliphatic carbocycles. The molecule has 2 aliphatic rings. The second kappa shape index (κ2) is 6.19. The van der Waals surface area contributed by atoms with Crippen LogP contribution in [0, 0.1) is 0 Å². The summed E-state index contributed by atoms with van der Waals surface area (Å²) in [6.07, 6.45) is 3.43. The zero-order valence-electron chi connectivity index (χ0n) is 12.0. The van der Waals surface area contributed by atoms with Crippen molar-refractivity contribution in [2.75, 3.05) is 19.6 Å². The number of likely N-dealkylation sites (tertiary alicyclic amines) is 1. The van der Waals surface area contributed by atoms with Crippen molar-refractivity contribution in [3.63, 3.8) is 0 Å². The molecule has 2 unspecified atom stereocenters. The molecule has 0 saturated carbocycles. The van der Waals surface area contributed by atoms with E-state index in [0.717, 1.165) is 38.9 Å². The Morgan fingerprint density at radius 1 is 1.40 bits per heavy atom. The minimum absolute atomic E-state index is 0.0580. The Morgan fingerprint density at radius 3 is 2.90 bits per heavy atom. The third-order valence-corrected chi connectivity index (χ3v) is 5.47. The second-order valence-corrected chi connectivity index (χ2v) is 7.06. The standard InChI is InChI=1S/C16H22N2OS/c1-12(16(19)18-8-4-5-9-18)17-11-14-10-13-6-2-3-7-15(13)20-14/h2-3,6-7,12,14,17H,4-5,8-11H2,1H3. The molecule has 4 heteroatoms. The number of fused-ring (bicyclic) bond motifs is 1. The average Bonchev–Trinajstić information content (AvgIpc) is 3.12. The van der Waals surface area contributed by atoms with Crippen LogP contribution >= 0.6 is 11.8 Å². The highest BCUT2D eigenvalue weighted by Gasteiger charge is 2.26. The number of hydrogen-bond donors (Lipinski definition) is 1. The maximum absolute atomic E-state index is 12.2. The van der Waals surface area contributed by atoms with Crippen molar-refractivity contribution in [3.05, 3.63) is 29.8 Å². The summed E-state index contributed by atoms with van der Waals surface area (Å²) < 4.78 is 0. The predicted octanol–water partition coefficient (Wildman–Crippen LogP) is 2.30. The predicted molar refractivity (Wildman–Crippen MR) is 83.1 cm³/mol. The van der Waals surface area contributed by atoms with Crippen molar-refractivity contribution in [1.82, 2.24) is 10.2 Å². The Labute approximate surface area is 125 Å². The highest BCUT2D eigenvalue weighted by molar-refractivity contribution is 8.00. The van der Waals surface area contributed by atoms with Gasteiger partial charge in [0.15, 0.2) is 0 Å². The lowest BCUT2D eigenvalue weighted by atomic mass is 10.1. The maximum atomic E-state index is 12.2. The Kier molecular flexibility index (Phi) is 4.32. The number of carbonyl (C=O) groups excluding carboxylic acids is 1. The van der Waals surface area contributed by atoms with Crippen LogP contribution in [0.2, 0.25) is 0 Å². The number of benzene rings is 1.